The maximum atomic E-state index is 14.7. The van der Waals surface area contributed by atoms with Crippen molar-refractivity contribution in [2.45, 2.75) is 38.5 Å². The van der Waals surface area contributed by atoms with Gasteiger partial charge >= 0.3 is 0 Å². The van der Waals surface area contributed by atoms with Crippen LogP contribution in [0.25, 0.3) is 16.9 Å². The minimum absolute atomic E-state index is 0.135. The van der Waals surface area contributed by atoms with E-state index in [2.05, 4.69) is 20.1 Å². The van der Waals surface area contributed by atoms with Gasteiger partial charge in [-0.3, -0.25) is 4.79 Å². The first kappa shape index (κ1) is 22.0. The monoisotopic (exact) mass is 456 g/mol. The van der Waals surface area contributed by atoms with E-state index in [0.29, 0.717) is 17.3 Å². The molecule has 0 saturated carbocycles. The smallest absolute Gasteiger partial charge is 0.291 e. The molecular formula is C23H29FN6O3. The zero-order chi connectivity index (χ0) is 23.1. The number of para-hydroxylation sites is 1. The first-order valence-electron chi connectivity index (χ1n) is 11.6. The molecule has 5 rings (SSSR count). The Morgan fingerprint density at radius 3 is 2.73 bits per heavy atom. The van der Waals surface area contributed by atoms with Crippen molar-refractivity contribution in [3.63, 3.8) is 0 Å². The molecule has 4 heterocycles. The van der Waals surface area contributed by atoms with E-state index in [-0.39, 0.29) is 29.5 Å². The van der Waals surface area contributed by atoms with Crippen molar-refractivity contribution < 1.29 is 18.8 Å². The lowest BCUT2D eigenvalue weighted by molar-refractivity contribution is -0.141. The number of carbonyl (C=O) groups is 1. The predicted molar refractivity (Wildman–Crippen MR) is 119 cm³/mol. The van der Waals surface area contributed by atoms with E-state index in [1.54, 1.807) is 11.0 Å². The van der Waals surface area contributed by atoms with Gasteiger partial charge in [0.25, 0.3) is 5.95 Å². The third-order valence-electron chi connectivity index (χ3n) is 6.75. The molecule has 9 nitrogen and oxygen atoms in total. The summed E-state index contributed by atoms with van der Waals surface area (Å²) in [5, 5.41) is 18.4. The zero-order valence-electron chi connectivity index (χ0n) is 18.9. The number of aliphatic hydroxyl groups excluding tert-OH is 1. The summed E-state index contributed by atoms with van der Waals surface area (Å²) in [6.45, 7) is 7.87. The molecule has 1 N–H and O–H groups in total. The number of fused-ring (bicyclic) bond motifs is 1. The van der Waals surface area contributed by atoms with Crippen LogP contribution in [-0.2, 0) is 4.79 Å². The molecular weight excluding hydrogens is 427 g/mol. The highest BCUT2D eigenvalue weighted by Crippen LogP contribution is 2.31. The molecule has 0 spiro atoms. The Hall–Kier alpha value is -2.85. The molecule has 2 fully saturated rings. The lowest BCUT2D eigenvalue weighted by Crippen LogP contribution is -2.55. The molecule has 176 valence electrons. The van der Waals surface area contributed by atoms with Crippen molar-refractivity contribution in [3.8, 4) is 5.95 Å². The van der Waals surface area contributed by atoms with Gasteiger partial charge in [-0.15, -0.1) is 0 Å². The number of aliphatic hydroxyl groups is 1. The number of halogens is 1. The second kappa shape index (κ2) is 8.83. The van der Waals surface area contributed by atoms with Crippen LogP contribution in [0.1, 0.15) is 50.1 Å². The molecule has 2 aliphatic heterocycles. The first-order valence-corrected chi connectivity index (χ1v) is 11.6. The van der Waals surface area contributed by atoms with Crippen LogP contribution in [0.5, 0.6) is 0 Å². The van der Waals surface area contributed by atoms with Gasteiger partial charge in [-0.2, -0.15) is 14.8 Å². The SMILES string of the molecule is CC(C)c1nn(-c2noc(C3CCN(CC4CN(C(=O)CO)C4)CC3)n2)c2c(F)cccc12. The van der Waals surface area contributed by atoms with Crippen molar-refractivity contribution in [1.29, 1.82) is 0 Å². The highest BCUT2D eigenvalue weighted by Gasteiger charge is 2.33. The topological polar surface area (TPSA) is 101 Å². The normalized spacial score (nSPS) is 18.4. The van der Waals surface area contributed by atoms with Gasteiger partial charge in [0.2, 0.25) is 11.8 Å². The van der Waals surface area contributed by atoms with Crippen LogP contribution in [0.3, 0.4) is 0 Å². The lowest BCUT2D eigenvalue weighted by Gasteiger charge is -2.42. The van der Waals surface area contributed by atoms with E-state index < -0.39 is 6.61 Å². The van der Waals surface area contributed by atoms with Gasteiger partial charge in [-0.1, -0.05) is 26.0 Å². The molecule has 0 bridgehead atoms. The van der Waals surface area contributed by atoms with Gasteiger partial charge < -0.3 is 19.4 Å². The van der Waals surface area contributed by atoms with Crippen molar-refractivity contribution >= 4 is 16.8 Å². The van der Waals surface area contributed by atoms with Crippen LogP contribution < -0.4 is 0 Å². The molecule has 0 atom stereocenters. The number of hydrogen-bond acceptors (Lipinski definition) is 7. The van der Waals surface area contributed by atoms with Crippen LogP contribution in [0, 0.1) is 11.7 Å². The molecule has 0 radical (unpaired) electrons. The lowest BCUT2D eigenvalue weighted by atomic mass is 9.94. The molecule has 2 aliphatic rings. The molecule has 1 amide bonds. The van der Waals surface area contributed by atoms with Gasteiger partial charge in [-0.25, -0.2) is 4.39 Å². The van der Waals surface area contributed by atoms with Crippen molar-refractivity contribution in [1.82, 2.24) is 29.7 Å². The summed E-state index contributed by atoms with van der Waals surface area (Å²) in [5.74, 6) is 1.04. The fourth-order valence-electron chi connectivity index (χ4n) is 4.92. The first-order chi connectivity index (χ1) is 15.9. The average molecular weight is 457 g/mol. The number of rotatable bonds is 6. The Labute approximate surface area is 191 Å². The van der Waals surface area contributed by atoms with Gasteiger partial charge in [0, 0.05) is 36.9 Å². The Kier molecular flexibility index (Phi) is 5.88. The van der Waals surface area contributed by atoms with Crippen LogP contribution in [0.15, 0.2) is 22.7 Å². The Balaban J connectivity index is 1.24. The van der Waals surface area contributed by atoms with Gasteiger partial charge in [0.15, 0.2) is 0 Å². The third kappa shape index (κ3) is 4.13. The fraction of sp³-hybridized carbons (Fsp3) is 0.565. The summed E-state index contributed by atoms with van der Waals surface area (Å²) in [7, 11) is 0. The quantitative estimate of drug-likeness (QED) is 0.607. The molecule has 1 aromatic carbocycles. The average Bonchev–Trinajstić information content (AvgIpc) is 3.42. The number of amides is 1. The fourth-order valence-corrected chi connectivity index (χ4v) is 4.92. The van der Waals surface area contributed by atoms with Crippen molar-refractivity contribution in [3.05, 3.63) is 35.6 Å². The van der Waals surface area contributed by atoms with E-state index in [4.69, 9.17) is 9.63 Å². The number of likely N-dealkylation sites (tertiary alicyclic amines) is 2. The highest BCUT2D eigenvalue weighted by atomic mass is 19.1. The third-order valence-corrected chi connectivity index (χ3v) is 6.75. The van der Waals surface area contributed by atoms with E-state index in [1.165, 1.54) is 10.7 Å². The van der Waals surface area contributed by atoms with Crippen LogP contribution in [0.2, 0.25) is 0 Å². The molecule has 0 unspecified atom stereocenters. The summed E-state index contributed by atoms with van der Waals surface area (Å²) >= 11 is 0. The van der Waals surface area contributed by atoms with E-state index in [0.717, 1.165) is 56.6 Å². The van der Waals surface area contributed by atoms with Gasteiger partial charge in [0.1, 0.15) is 17.9 Å². The largest absolute Gasteiger partial charge is 0.387 e. The molecule has 2 aromatic heterocycles. The van der Waals surface area contributed by atoms with Gasteiger partial charge in [-0.05, 0) is 43.1 Å². The molecule has 2 saturated heterocycles. The number of hydrogen-bond donors (Lipinski definition) is 1. The van der Waals surface area contributed by atoms with Crippen LogP contribution in [0.4, 0.5) is 4.39 Å². The molecule has 0 aliphatic carbocycles. The maximum Gasteiger partial charge on any atom is 0.291 e. The second-order valence-electron chi connectivity index (χ2n) is 9.42. The minimum Gasteiger partial charge on any atom is -0.387 e. The number of aromatic nitrogens is 4. The molecule has 33 heavy (non-hydrogen) atoms. The summed E-state index contributed by atoms with van der Waals surface area (Å²) < 4.78 is 21.7. The van der Waals surface area contributed by atoms with Crippen molar-refractivity contribution in [2.75, 3.05) is 39.3 Å². The Morgan fingerprint density at radius 2 is 2.03 bits per heavy atom. The number of carbonyl (C=O) groups excluding carboxylic acids is 1. The van der Waals surface area contributed by atoms with Crippen LogP contribution in [-0.4, -0.2) is 80.1 Å². The summed E-state index contributed by atoms with van der Waals surface area (Å²) in [4.78, 5) is 20.2. The summed E-state index contributed by atoms with van der Waals surface area (Å²) in [6, 6.07) is 4.98. The highest BCUT2D eigenvalue weighted by molar-refractivity contribution is 5.84. The number of benzene rings is 1. The predicted octanol–water partition coefficient (Wildman–Crippen LogP) is 2.30. The zero-order valence-corrected chi connectivity index (χ0v) is 18.9. The molecule has 3 aromatic rings. The van der Waals surface area contributed by atoms with E-state index in [9.17, 15) is 9.18 Å². The van der Waals surface area contributed by atoms with Crippen LogP contribution >= 0.6 is 0 Å². The molecule has 10 heteroatoms. The van der Waals surface area contributed by atoms with Gasteiger partial charge in [0.05, 0.1) is 5.69 Å². The van der Waals surface area contributed by atoms with E-state index >= 15 is 0 Å². The summed E-state index contributed by atoms with van der Waals surface area (Å²) in [5.41, 5.74) is 1.18. The Morgan fingerprint density at radius 1 is 1.27 bits per heavy atom. The van der Waals surface area contributed by atoms with Crippen molar-refractivity contribution in [2.24, 2.45) is 5.92 Å². The number of nitrogens with zero attached hydrogens (tertiary/aromatic N) is 6. The Bertz CT molecular complexity index is 1140. The standard InChI is InChI=1S/C23H29FN6O3/c1-14(2)20-17-4-3-5-18(24)21(17)30(26-20)23-25-22(33-27-23)16-6-8-28(9-7-16)10-15-11-29(12-15)19(32)13-31/h3-5,14-16,31H,6-13H2,1-2H3. The van der Waals surface area contributed by atoms with E-state index in [1.807, 2.05) is 19.9 Å². The second-order valence-corrected chi connectivity index (χ2v) is 9.42. The number of piperidine rings is 1. The maximum absolute atomic E-state index is 14.7. The summed E-state index contributed by atoms with van der Waals surface area (Å²) in [6.07, 6.45) is 1.80. The minimum atomic E-state index is -0.413.